The Morgan fingerprint density at radius 2 is 2.04 bits per heavy atom. The maximum Gasteiger partial charge on any atom is 0.281 e. The first-order valence-corrected chi connectivity index (χ1v) is 9.82. The number of rotatable bonds is 7. The highest BCUT2D eigenvalue weighted by Crippen LogP contribution is 2.29. The zero-order valence-electron chi connectivity index (χ0n) is 14.8. The Morgan fingerprint density at radius 1 is 1.18 bits per heavy atom. The Kier molecular flexibility index (Phi) is 6.92. The fourth-order valence-corrected chi connectivity index (χ4v) is 3.38. The molecule has 2 aromatic carbocycles. The molecule has 0 aliphatic rings. The van der Waals surface area contributed by atoms with E-state index in [1.54, 1.807) is 37.4 Å². The van der Waals surface area contributed by atoms with Gasteiger partial charge in [0.15, 0.2) is 11.5 Å². The van der Waals surface area contributed by atoms with Gasteiger partial charge in [0.2, 0.25) is 0 Å². The van der Waals surface area contributed by atoms with Crippen LogP contribution in [0.2, 0.25) is 10.0 Å². The van der Waals surface area contributed by atoms with Crippen molar-refractivity contribution >= 4 is 46.7 Å². The summed E-state index contributed by atoms with van der Waals surface area (Å²) in [5.74, 6) is 0.852. The van der Waals surface area contributed by atoms with Crippen molar-refractivity contribution in [2.45, 2.75) is 6.61 Å². The Balaban J connectivity index is 1.64. The summed E-state index contributed by atoms with van der Waals surface area (Å²) in [5.41, 5.74) is 4.05. The molecule has 8 heteroatoms. The second-order valence-corrected chi connectivity index (χ2v) is 7.40. The Hall–Kier alpha value is -2.54. The molecule has 1 N–H and O–H groups in total. The van der Waals surface area contributed by atoms with Crippen molar-refractivity contribution < 1.29 is 14.3 Å². The monoisotopic (exact) mass is 434 g/mol. The number of carbonyl (C=O) groups excluding carboxylic acids is 1. The normalized spacial score (nSPS) is 10.8. The topological polar surface area (TPSA) is 59.9 Å². The zero-order valence-corrected chi connectivity index (χ0v) is 17.1. The predicted octanol–water partition coefficient (Wildman–Crippen LogP) is 5.41. The smallest absolute Gasteiger partial charge is 0.281 e. The molecule has 5 nitrogen and oxygen atoms in total. The van der Waals surface area contributed by atoms with Gasteiger partial charge in [-0.2, -0.15) is 5.10 Å². The van der Waals surface area contributed by atoms with Crippen LogP contribution in [0.5, 0.6) is 11.5 Å². The molecule has 0 saturated heterocycles. The van der Waals surface area contributed by atoms with Gasteiger partial charge < -0.3 is 9.47 Å². The number of benzene rings is 2. The number of amides is 1. The molecule has 0 spiro atoms. The van der Waals surface area contributed by atoms with Crippen LogP contribution in [0.3, 0.4) is 0 Å². The molecule has 144 valence electrons. The average molecular weight is 435 g/mol. The van der Waals surface area contributed by atoms with Crippen LogP contribution in [0.4, 0.5) is 0 Å². The molecule has 1 aromatic heterocycles. The zero-order chi connectivity index (χ0) is 19.9. The third kappa shape index (κ3) is 5.25. The summed E-state index contributed by atoms with van der Waals surface area (Å²) in [4.78, 5) is 12.5. The lowest BCUT2D eigenvalue weighted by Crippen LogP contribution is -2.16. The van der Waals surface area contributed by atoms with Crippen molar-refractivity contribution in [1.29, 1.82) is 0 Å². The molecule has 0 unspecified atom stereocenters. The summed E-state index contributed by atoms with van der Waals surface area (Å²) in [7, 11) is 1.55. The van der Waals surface area contributed by atoms with Crippen molar-refractivity contribution in [2.75, 3.05) is 7.11 Å². The first kappa shape index (κ1) is 20.2. The van der Waals surface area contributed by atoms with Crippen molar-refractivity contribution in [3.8, 4) is 11.5 Å². The number of halogens is 2. The van der Waals surface area contributed by atoms with Gasteiger partial charge in [0.05, 0.1) is 18.2 Å². The second kappa shape index (κ2) is 9.59. The van der Waals surface area contributed by atoms with Crippen LogP contribution in [0.15, 0.2) is 59.0 Å². The highest BCUT2D eigenvalue weighted by Gasteiger charge is 2.08. The summed E-state index contributed by atoms with van der Waals surface area (Å²) in [5, 5.41) is 6.91. The van der Waals surface area contributed by atoms with Crippen LogP contribution in [-0.2, 0) is 6.61 Å². The number of carbonyl (C=O) groups is 1. The largest absolute Gasteiger partial charge is 0.493 e. The molecule has 0 aliphatic heterocycles. The molecule has 0 bridgehead atoms. The quantitative estimate of drug-likeness (QED) is 0.399. The van der Waals surface area contributed by atoms with E-state index in [0.717, 1.165) is 11.1 Å². The molecular weight excluding hydrogens is 419 g/mol. The minimum absolute atomic E-state index is 0.252. The molecule has 0 aliphatic carbocycles. The molecule has 0 radical (unpaired) electrons. The summed E-state index contributed by atoms with van der Waals surface area (Å²) in [6.45, 7) is 0.274. The van der Waals surface area contributed by atoms with E-state index < -0.39 is 0 Å². The van der Waals surface area contributed by atoms with E-state index in [0.29, 0.717) is 26.4 Å². The number of methoxy groups -OCH3 is 1. The van der Waals surface area contributed by atoms with E-state index in [1.807, 2.05) is 23.6 Å². The van der Waals surface area contributed by atoms with E-state index in [1.165, 1.54) is 17.6 Å². The Labute approximate surface area is 176 Å². The number of ether oxygens (including phenoxy) is 2. The third-order valence-corrected chi connectivity index (χ3v) is 5.17. The van der Waals surface area contributed by atoms with Gasteiger partial charge >= 0.3 is 0 Å². The summed E-state index contributed by atoms with van der Waals surface area (Å²) in [6.07, 6.45) is 1.54. The van der Waals surface area contributed by atoms with Gasteiger partial charge in [-0.25, -0.2) is 5.43 Å². The number of hydrogen-bond acceptors (Lipinski definition) is 5. The number of nitrogens with one attached hydrogen (secondary N) is 1. The number of thiophene rings is 1. The molecule has 3 aromatic rings. The summed E-state index contributed by atoms with van der Waals surface area (Å²) >= 11 is 13.4. The SMILES string of the molecule is COc1cc(C=NNC(=O)c2cccs2)ccc1OCc1ccc(Cl)cc1Cl. The van der Waals surface area contributed by atoms with Crippen molar-refractivity contribution in [1.82, 2.24) is 5.43 Å². The molecule has 28 heavy (non-hydrogen) atoms. The third-order valence-electron chi connectivity index (χ3n) is 3.71. The predicted molar refractivity (Wildman–Crippen MR) is 113 cm³/mol. The minimum Gasteiger partial charge on any atom is -0.493 e. The van der Waals surface area contributed by atoms with Crippen molar-refractivity contribution in [2.24, 2.45) is 5.10 Å². The summed E-state index contributed by atoms with van der Waals surface area (Å²) < 4.78 is 11.2. The highest BCUT2D eigenvalue weighted by atomic mass is 35.5. The van der Waals surface area contributed by atoms with Gasteiger partial charge in [0, 0.05) is 15.6 Å². The number of nitrogens with zero attached hydrogens (tertiary/aromatic N) is 1. The fraction of sp³-hybridized carbons (Fsp3) is 0.100. The summed E-state index contributed by atoms with van der Waals surface area (Å²) in [6, 6.07) is 14.1. The Bertz CT molecular complexity index is 991. The fourth-order valence-electron chi connectivity index (χ4n) is 2.31. The van der Waals surface area contributed by atoms with Crippen LogP contribution in [0, 0.1) is 0 Å². The molecular formula is C20H16Cl2N2O3S. The van der Waals surface area contributed by atoms with Gasteiger partial charge in [-0.1, -0.05) is 35.3 Å². The maximum absolute atomic E-state index is 11.9. The molecule has 0 saturated carbocycles. The van der Waals surface area contributed by atoms with Crippen LogP contribution in [-0.4, -0.2) is 19.2 Å². The minimum atomic E-state index is -0.252. The van der Waals surface area contributed by atoms with E-state index in [2.05, 4.69) is 10.5 Å². The highest BCUT2D eigenvalue weighted by molar-refractivity contribution is 7.12. The Morgan fingerprint density at radius 3 is 2.75 bits per heavy atom. The molecule has 0 atom stereocenters. The molecule has 0 fully saturated rings. The van der Waals surface area contributed by atoms with Crippen LogP contribution in [0.1, 0.15) is 20.8 Å². The van der Waals surface area contributed by atoms with Crippen molar-refractivity contribution in [3.63, 3.8) is 0 Å². The number of hydrogen-bond donors (Lipinski definition) is 1. The molecule has 1 heterocycles. The molecule has 3 rings (SSSR count). The van der Waals surface area contributed by atoms with Crippen LogP contribution >= 0.6 is 34.5 Å². The van der Waals surface area contributed by atoms with Gasteiger partial charge in [-0.15, -0.1) is 11.3 Å². The lowest BCUT2D eigenvalue weighted by Gasteiger charge is -2.12. The van der Waals surface area contributed by atoms with Crippen LogP contribution in [0.25, 0.3) is 0 Å². The second-order valence-electron chi connectivity index (χ2n) is 5.61. The van der Waals surface area contributed by atoms with E-state index in [4.69, 9.17) is 32.7 Å². The van der Waals surface area contributed by atoms with Gasteiger partial charge in [0.25, 0.3) is 5.91 Å². The average Bonchev–Trinajstić information content (AvgIpc) is 3.22. The van der Waals surface area contributed by atoms with Gasteiger partial charge in [-0.3, -0.25) is 4.79 Å². The van der Waals surface area contributed by atoms with Gasteiger partial charge in [0.1, 0.15) is 6.61 Å². The first-order valence-electron chi connectivity index (χ1n) is 8.18. The number of hydrazone groups is 1. The van der Waals surface area contributed by atoms with Crippen molar-refractivity contribution in [3.05, 3.63) is 80.0 Å². The van der Waals surface area contributed by atoms with Gasteiger partial charge in [-0.05, 0) is 47.3 Å². The lowest BCUT2D eigenvalue weighted by atomic mass is 10.2. The molecule has 1 amide bonds. The van der Waals surface area contributed by atoms with E-state index >= 15 is 0 Å². The standard InChI is InChI=1S/C20H16Cl2N2O3S/c1-26-18-9-13(11-23-24-20(25)19-3-2-8-28-19)4-7-17(18)27-12-14-5-6-15(21)10-16(14)22/h2-11H,12H2,1H3,(H,24,25). The lowest BCUT2D eigenvalue weighted by molar-refractivity contribution is 0.0959. The van der Waals surface area contributed by atoms with Crippen LogP contribution < -0.4 is 14.9 Å². The maximum atomic E-state index is 11.9. The first-order chi connectivity index (χ1) is 13.6. The van der Waals surface area contributed by atoms with E-state index in [-0.39, 0.29) is 12.5 Å². The van der Waals surface area contributed by atoms with E-state index in [9.17, 15) is 4.79 Å².